The molecule has 1 fully saturated rings. The Bertz CT molecular complexity index is 772. The summed E-state index contributed by atoms with van der Waals surface area (Å²) in [6.45, 7) is 2.97. The lowest BCUT2D eigenvalue weighted by atomic mass is 10.1. The second-order valence-corrected chi connectivity index (χ2v) is 6.24. The van der Waals surface area contributed by atoms with E-state index in [0.29, 0.717) is 30.9 Å². The van der Waals surface area contributed by atoms with Gasteiger partial charge in [0.25, 0.3) is 0 Å². The third kappa shape index (κ3) is 4.60. The number of carbonyl (C=O) groups is 2. The summed E-state index contributed by atoms with van der Waals surface area (Å²) in [6.07, 6.45) is 2.12. The Balaban J connectivity index is 1.60. The number of primary amides is 1. The molecule has 2 heterocycles. The third-order valence-corrected chi connectivity index (χ3v) is 4.16. The number of hydrogen-bond donors (Lipinski definition) is 2. The fourth-order valence-corrected chi connectivity index (χ4v) is 2.82. The van der Waals surface area contributed by atoms with Gasteiger partial charge in [0.1, 0.15) is 18.4 Å². The fraction of sp³-hybridized carbons (Fsp3) is 0.389. The molecule has 3 rings (SSSR count). The highest BCUT2D eigenvalue weighted by molar-refractivity contribution is 5.92. The van der Waals surface area contributed by atoms with Crippen LogP contribution in [0.15, 0.2) is 36.5 Å². The van der Waals surface area contributed by atoms with Gasteiger partial charge < -0.3 is 20.5 Å². The topological polar surface area (TPSA) is 108 Å². The first kappa shape index (κ1) is 17.9. The molecule has 0 saturated carbocycles. The van der Waals surface area contributed by atoms with E-state index in [1.54, 1.807) is 35.1 Å². The Morgan fingerprint density at radius 3 is 2.77 bits per heavy atom. The number of nitrogens with one attached hydrogen (secondary N) is 1. The molecule has 2 amide bonds. The average Bonchev–Trinajstić information content (AvgIpc) is 3.02. The first-order valence-corrected chi connectivity index (χ1v) is 8.45. The van der Waals surface area contributed by atoms with E-state index in [9.17, 15) is 9.59 Å². The van der Waals surface area contributed by atoms with Gasteiger partial charge in [-0.1, -0.05) is 0 Å². The highest BCUT2D eigenvalue weighted by Crippen LogP contribution is 2.18. The largest absolute Gasteiger partial charge is 0.486 e. The van der Waals surface area contributed by atoms with E-state index >= 15 is 0 Å². The lowest BCUT2D eigenvalue weighted by Gasteiger charge is -2.32. The number of carbonyl (C=O) groups excluding carboxylic acids is 2. The molecule has 8 heteroatoms. The second kappa shape index (κ2) is 8.01. The molecule has 1 aliphatic heterocycles. The summed E-state index contributed by atoms with van der Waals surface area (Å²) in [7, 11) is 0. The fourth-order valence-electron chi connectivity index (χ4n) is 2.82. The maximum Gasteiger partial charge on any atom is 0.248 e. The molecule has 0 unspecified atom stereocenters. The van der Waals surface area contributed by atoms with E-state index in [1.165, 1.54) is 0 Å². The number of nitrogens with zero attached hydrogens (tertiary/aromatic N) is 2. The van der Waals surface area contributed by atoms with Gasteiger partial charge in [-0.2, -0.15) is 5.10 Å². The van der Waals surface area contributed by atoms with E-state index < -0.39 is 5.91 Å². The van der Waals surface area contributed by atoms with Crippen LogP contribution in [0.4, 0.5) is 0 Å². The van der Waals surface area contributed by atoms with Gasteiger partial charge in [0.05, 0.1) is 18.3 Å². The van der Waals surface area contributed by atoms with Crippen LogP contribution in [-0.4, -0.2) is 47.0 Å². The first-order chi connectivity index (χ1) is 12.5. The van der Waals surface area contributed by atoms with Gasteiger partial charge in [-0.25, -0.2) is 0 Å². The van der Waals surface area contributed by atoms with Crippen LogP contribution < -0.4 is 15.8 Å². The Morgan fingerprint density at radius 1 is 1.35 bits per heavy atom. The number of hydrogen-bond acceptors (Lipinski definition) is 5. The Kier molecular flexibility index (Phi) is 5.52. The Morgan fingerprint density at radius 2 is 2.12 bits per heavy atom. The van der Waals surface area contributed by atoms with Crippen molar-refractivity contribution in [2.45, 2.75) is 32.0 Å². The van der Waals surface area contributed by atoms with Crippen molar-refractivity contribution in [1.82, 2.24) is 15.1 Å². The molecule has 1 saturated heterocycles. The number of rotatable bonds is 6. The molecular weight excluding hydrogens is 336 g/mol. The predicted molar refractivity (Wildman–Crippen MR) is 93.7 cm³/mol. The molecule has 138 valence electrons. The smallest absolute Gasteiger partial charge is 0.248 e. The minimum Gasteiger partial charge on any atom is -0.486 e. The minimum absolute atomic E-state index is 0.127. The van der Waals surface area contributed by atoms with Crippen LogP contribution in [0.5, 0.6) is 5.75 Å². The van der Waals surface area contributed by atoms with Gasteiger partial charge in [-0.05, 0) is 43.7 Å². The van der Waals surface area contributed by atoms with Crippen molar-refractivity contribution in [3.05, 3.63) is 47.8 Å². The Hall–Kier alpha value is -2.87. The maximum atomic E-state index is 12.3. The summed E-state index contributed by atoms with van der Waals surface area (Å²) in [4.78, 5) is 23.4. The highest BCUT2D eigenvalue weighted by Gasteiger charge is 2.29. The number of ether oxygens (including phenoxy) is 2. The van der Waals surface area contributed by atoms with Crippen molar-refractivity contribution < 1.29 is 19.1 Å². The monoisotopic (exact) mass is 358 g/mol. The number of benzene rings is 1. The van der Waals surface area contributed by atoms with E-state index in [1.807, 2.05) is 13.0 Å². The molecule has 8 nitrogen and oxygen atoms in total. The van der Waals surface area contributed by atoms with Crippen LogP contribution in [0.2, 0.25) is 0 Å². The SMILES string of the molecule is Cc1ccn(CC(=O)N[C@@H]2CCOC[C@H]2Oc2ccc(C(N)=O)cc2)n1. The molecule has 3 N–H and O–H groups in total. The van der Waals surface area contributed by atoms with Crippen molar-refractivity contribution >= 4 is 11.8 Å². The quantitative estimate of drug-likeness (QED) is 0.788. The zero-order valence-electron chi connectivity index (χ0n) is 14.6. The van der Waals surface area contributed by atoms with Crippen molar-refractivity contribution in [3.63, 3.8) is 0 Å². The summed E-state index contributed by atoms with van der Waals surface area (Å²) in [6, 6.07) is 8.26. The predicted octanol–water partition coefficient (Wildman–Crippen LogP) is 0.643. The van der Waals surface area contributed by atoms with E-state index in [-0.39, 0.29) is 24.6 Å². The minimum atomic E-state index is -0.489. The molecule has 0 radical (unpaired) electrons. The number of nitrogens with two attached hydrogens (primary N) is 1. The van der Waals surface area contributed by atoms with Gasteiger partial charge >= 0.3 is 0 Å². The molecule has 1 aromatic heterocycles. The average molecular weight is 358 g/mol. The van der Waals surface area contributed by atoms with Crippen LogP contribution in [-0.2, 0) is 16.1 Å². The van der Waals surface area contributed by atoms with Crippen LogP contribution in [0.3, 0.4) is 0 Å². The molecule has 0 aliphatic carbocycles. The molecule has 1 aliphatic rings. The summed E-state index contributed by atoms with van der Waals surface area (Å²) in [5.41, 5.74) is 6.51. The van der Waals surface area contributed by atoms with Gasteiger partial charge in [0, 0.05) is 18.4 Å². The van der Waals surface area contributed by atoms with Gasteiger partial charge in [-0.15, -0.1) is 0 Å². The third-order valence-electron chi connectivity index (χ3n) is 4.16. The number of aromatic nitrogens is 2. The maximum absolute atomic E-state index is 12.3. The molecule has 26 heavy (non-hydrogen) atoms. The van der Waals surface area contributed by atoms with Crippen molar-refractivity contribution in [2.24, 2.45) is 5.73 Å². The summed E-state index contributed by atoms with van der Waals surface area (Å²) >= 11 is 0. The van der Waals surface area contributed by atoms with E-state index in [0.717, 1.165) is 5.69 Å². The van der Waals surface area contributed by atoms with Crippen LogP contribution >= 0.6 is 0 Å². The van der Waals surface area contributed by atoms with Crippen molar-refractivity contribution in [3.8, 4) is 5.75 Å². The molecular formula is C18H22N4O4. The standard InChI is InChI=1S/C18H22N4O4/c1-12-6-8-22(21-12)10-17(23)20-15-7-9-25-11-16(15)26-14-4-2-13(3-5-14)18(19)24/h2-6,8,15-16H,7,9-11H2,1H3,(H2,19,24)(H,20,23)/t15-,16-/m1/s1. The zero-order chi connectivity index (χ0) is 18.5. The molecule has 2 aromatic rings. The lowest BCUT2D eigenvalue weighted by Crippen LogP contribution is -2.52. The lowest BCUT2D eigenvalue weighted by molar-refractivity contribution is -0.124. The number of aryl methyl sites for hydroxylation is 1. The summed E-state index contributed by atoms with van der Waals surface area (Å²) < 4.78 is 13.0. The normalized spacial score (nSPS) is 19.7. The molecule has 0 spiro atoms. The van der Waals surface area contributed by atoms with Gasteiger partial charge in [-0.3, -0.25) is 14.3 Å². The van der Waals surface area contributed by atoms with Crippen LogP contribution in [0.1, 0.15) is 22.5 Å². The van der Waals surface area contributed by atoms with E-state index in [4.69, 9.17) is 15.2 Å². The van der Waals surface area contributed by atoms with E-state index in [2.05, 4.69) is 10.4 Å². The van der Waals surface area contributed by atoms with Crippen molar-refractivity contribution in [2.75, 3.05) is 13.2 Å². The number of amides is 2. The molecule has 0 bridgehead atoms. The molecule has 2 atom stereocenters. The molecule has 1 aromatic carbocycles. The Labute approximate surface area is 151 Å². The zero-order valence-corrected chi connectivity index (χ0v) is 14.6. The highest BCUT2D eigenvalue weighted by atomic mass is 16.5. The van der Waals surface area contributed by atoms with Gasteiger partial charge in [0.2, 0.25) is 11.8 Å². The van der Waals surface area contributed by atoms with Crippen LogP contribution in [0.25, 0.3) is 0 Å². The summed E-state index contributed by atoms with van der Waals surface area (Å²) in [5.74, 6) is -0.0262. The second-order valence-electron chi connectivity index (χ2n) is 6.24. The van der Waals surface area contributed by atoms with Gasteiger partial charge in [0.15, 0.2) is 0 Å². The van der Waals surface area contributed by atoms with Crippen molar-refractivity contribution in [1.29, 1.82) is 0 Å². The van der Waals surface area contributed by atoms with Crippen LogP contribution in [0, 0.1) is 6.92 Å². The first-order valence-electron chi connectivity index (χ1n) is 8.45. The summed E-state index contributed by atoms with van der Waals surface area (Å²) in [5, 5.41) is 7.21.